The molecule has 0 saturated carbocycles. The molecular weight excluding hydrogens is 330 g/mol. The Morgan fingerprint density at radius 2 is 2.32 bits per heavy atom. The van der Waals surface area contributed by atoms with Gasteiger partial charge in [0.25, 0.3) is 0 Å². The van der Waals surface area contributed by atoms with Crippen molar-refractivity contribution in [1.29, 1.82) is 0 Å². The smallest absolute Gasteiger partial charge is 0.156 e. The van der Waals surface area contributed by atoms with E-state index in [1.807, 2.05) is 32.0 Å². The molecule has 1 aromatic heterocycles. The average molecular weight is 345 g/mol. The Morgan fingerprint density at radius 3 is 2.95 bits per heavy atom. The standard InChI is InChI=1S/C13H15BrClN3O/c1-3-19-13-10(14)6-9(15)7-12(13)17-8(2)11-4-5-16-18-11/h4-8,17H,3H2,1-2H3,(H,16,18). The number of nitrogens with zero attached hydrogens (tertiary/aromatic N) is 1. The van der Waals surface area contributed by atoms with Crippen LogP contribution in [0.2, 0.25) is 5.02 Å². The highest BCUT2D eigenvalue weighted by Crippen LogP contribution is 2.38. The zero-order valence-corrected chi connectivity index (χ0v) is 13.0. The number of aromatic nitrogens is 2. The van der Waals surface area contributed by atoms with Gasteiger partial charge in [0, 0.05) is 11.2 Å². The second-order valence-electron chi connectivity index (χ2n) is 4.08. The number of aromatic amines is 1. The maximum Gasteiger partial charge on any atom is 0.156 e. The van der Waals surface area contributed by atoms with Crippen molar-refractivity contribution in [3.05, 3.63) is 39.6 Å². The summed E-state index contributed by atoms with van der Waals surface area (Å²) in [6.07, 6.45) is 1.73. The zero-order chi connectivity index (χ0) is 13.8. The third kappa shape index (κ3) is 3.42. The predicted octanol–water partition coefficient (Wildman–Crippen LogP) is 4.40. The Labute approximate surface area is 125 Å². The second kappa shape index (κ2) is 6.30. The highest BCUT2D eigenvalue weighted by molar-refractivity contribution is 9.10. The fourth-order valence-corrected chi connectivity index (χ4v) is 2.70. The lowest BCUT2D eigenvalue weighted by molar-refractivity contribution is 0.339. The SMILES string of the molecule is CCOc1c(Br)cc(Cl)cc1NC(C)c1ccn[nH]1. The van der Waals surface area contributed by atoms with Crippen LogP contribution in [-0.2, 0) is 0 Å². The number of nitrogens with one attached hydrogen (secondary N) is 2. The van der Waals surface area contributed by atoms with Crippen molar-refractivity contribution in [3.8, 4) is 5.75 Å². The van der Waals surface area contributed by atoms with Crippen LogP contribution in [0.1, 0.15) is 25.6 Å². The highest BCUT2D eigenvalue weighted by Gasteiger charge is 2.14. The summed E-state index contributed by atoms with van der Waals surface area (Å²) in [6.45, 7) is 4.58. The Balaban J connectivity index is 2.28. The van der Waals surface area contributed by atoms with Crippen molar-refractivity contribution >= 4 is 33.2 Å². The lowest BCUT2D eigenvalue weighted by Gasteiger charge is -2.18. The molecule has 2 N–H and O–H groups in total. The second-order valence-corrected chi connectivity index (χ2v) is 5.37. The van der Waals surface area contributed by atoms with Crippen LogP contribution < -0.4 is 10.1 Å². The Bertz CT molecular complexity index is 545. The van der Waals surface area contributed by atoms with Crippen molar-refractivity contribution in [2.24, 2.45) is 0 Å². The van der Waals surface area contributed by atoms with E-state index < -0.39 is 0 Å². The van der Waals surface area contributed by atoms with E-state index in [0.717, 1.165) is 21.6 Å². The molecule has 2 aromatic rings. The fourth-order valence-electron chi connectivity index (χ4n) is 1.78. The zero-order valence-electron chi connectivity index (χ0n) is 10.7. The van der Waals surface area contributed by atoms with Gasteiger partial charge in [-0.25, -0.2) is 0 Å². The summed E-state index contributed by atoms with van der Waals surface area (Å²) in [5, 5.41) is 10.9. The Kier molecular flexibility index (Phi) is 4.71. The van der Waals surface area contributed by atoms with Crippen LogP contribution >= 0.6 is 27.5 Å². The van der Waals surface area contributed by atoms with E-state index in [4.69, 9.17) is 16.3 Å². The number of hydrogen-bond acceptors (Lipinski definition) is 3. The van der Waals surface area contributed by atoms with Gasteiger partial charge < -0.3 is 10.1 Å². The van der Waals surface area contributed by atoms with E-state index in [-0.39, 0.29) is 6.04 Å². The average Bonchev–Trinajstić information content (AvgIpc) is 2.87. The van der Waals surface area contributed by atoms with E-state index in [0.29, 0.717) is 11.6 Å². The summed E-state index contributed by atoms with van der Waals surface area (Å²) >= 11 is 9.55. The molecule has 0 aliphatic rings. The van der Waals surface area contributed by atoms with Crippen LogP contribution in [0, 0.1) is 0 Å². The topological polar surface area (TPSA) is 49.9 Å². The van der Waals surface area contributed by atoms with Crippen molar-refractivity contribution in [2.45, 2.75) is 19.9 Å². The molecule has 1 unspecified atom stereocenters. The molecular formula is C13H15BrClN3O. The first-order chi connectivity index (χ1) is 9.11. The van der Waals surface area contributed by atoms with E-state index >= 15 is 0 Å². The van der Waals surface area contributed by atoms with Crippen molar-refractivity contribution in [2.75, 3.05) is 11.9 Å². The van der Waals surface area contributed by atoms with Crippen LogP contribution in [-0.4, -0.2) is 16.8 Å². The van der Waals surface area contributed by atoms with Gasteiger partial charge in [0.1, 0.15) is 0 Å². The van der Waals surface area contributed by atoms with Crippen molar-refractivity contribution in [3.63, 3.8) is 0 Å². The van der Waals surface area contributed by atoms with E-state index in [1.54, 1.807) is 6.20 Å². The number of rotatable bonds is 5. The molecule has 0 amide bonds. The molecule has 0 aliphatic heterocycles. The van der Waals surface area contributed by atoms with Gasteiger partial charge in [-0.05, 0) is 48.0 Å². The number of hydrogen-bond donors (Lipinski definition) is 2. The molecule has 4 nitrogen and oxygen atoms in total. The van der Waals surface area contributed by atoms with Gasteiger partial charge in [0.05, 0.1) is 28.5 Å². The normalized spacial score (nSPS) is 12.2. The number of ether oxygens (including phenoxy) is 1. The largest absolute Gasteiger partial charge is 0.491 e. The molecule has 0 aliphatic carbocycles. The van der Waals surface area contributed by atoms with Gasteiger partial charge in [-0.2, -0.15) is 5.10 Å². The molecule has 0 spiro atoms. The van der Waals surface area contributed by atoms with Gasteiger partial charge in [0.15, 0.2) is 5.75 Å². The summed E-state index contributed by atoms with van der Waals surface area (Å²) in [5.74, 6) is 0.762. The minimum absolute atomic E-state index is 0.0760. The van der Waals surface area contributed by atoms with Gasteiger partial charge in [-0.15, -0.1) is 0 Å². The summed E-state index contributed by atoms with van der Waals surface area (Å²) in [5.41, 5.74) is 1.85. The summed E-state index contributed by atoms with van der Waals surface area (Å²) in [7, 11) is 0. The summed E-state index contributed by atoms with van der Waals surface area (Å²) < 4.78 is 6.48. The van der Waals surface area contributed by atoms with Crippen LogP contribution in [0.25, 0.3) is 0 Å². The third-order valence-corrected chi connectivity index (χ3v) is 3.47. The number of halogens is 2. The third-order valence-electron chi connectivity index (χ3n) is 2.66. The number of anilines is 1. The maximum atomic E-state index is 6.08. The highest BCUT2D eigenvalue weighted by atomic mass is 79.9. The minimum atomic E-state index is 0.0760. The fraction of sp³-hybridized carbons (Fsp3) is 0.308. The van der Waals surface area contributed by atoms with Crippen LogP contribution in [0.15, 0.2) is 28.9 Å². The van der Waals surface area contributed by atoms with Gasteiger partial charge in [0.2, 0.25) is 0 Å². The number of H-pyrrole nitrogens is 1. The first kappa shape index (κ1) is 14.2. The summed E-state index contributed by atoms with van der Waals surface area (Å²) in [6, 6.07) is 5.67. The monoisotopic (exact) mass is 343 g/mol. The molecule has 0 saturated heterocycles. The Hall–Kier alpha value is -1.20. The minimum Gasteiger partial charge on any atom is -0.491 e. The molecule has 0 fully saturated rings. The molecule has 1 aromatic carbocycles. The van der Waals surface area contributed by atoms with Crippen LogP contribution in [0.3, 0.4) is 0 Å². The molecule has 102 valence electrons. The van der Waals surface area contributed by atoms with Crippen LogP contribution in [0.4, 0.5) is 5.69 Å². The van der Waals surface area contributed by atoms with E-state index in [1.165, 1.54) is 0 Å². The summed E-state index contributed by atoms with van der Waals surface area (Å²) in [4.78, 5) is 0. The van der Waals surface area contributed by atoms with E-state index in [2.05, 4.69) is 31.4 Å². The first-order valence-electron chi connectivity index (χ1n) is 5.99. The Morgan fingerprint density at radius 1 is 1.53 bits per heavy atom. The molecule has 0 radical (unpaired) electrons. The lowest BCUT2D eigenvalue weighted by Crippen LogP contribution is -2.09. The van der Waals surface area contributed by atoms with E-state index in [9.17, 15) is 0 Å². The molecule has 2 rings (SSSR count). The molecule has 19 heavy (non-hydrogen) atoms. The van der Waals surface area contributed by atoms with Crippen LogP contribution in [0.5, 0.6) is 5.75 Å². The van der Waals surface area contributed by atoms with Crippen molar-refractivity contribution < 1.29 is 4.74 Å². The molecule has 6 heteroatoms. The van der Waals surface area contributed by atoms with Gasteiger partial charge >= 0.3 is 0 Å². The number of benzene rings is 1. The molecule has 1 heterocycles. The first-order valence-corrected chi connectivity index (χ1v) is 7.16. The van der Waals surface area contributed by atoms with Gasteiger partial charge in [-0.3, -0.25) is 5.10 Å². The quantitative estimate of drug-likeness (QED) is 0.845. The molecule has 1 atom stereocenters. The predicted molar refractivity (Wildman–Crippen MR) is 80.9 cm³/mol. The lowest BCUT2D eigenvalue weighted by atomic mass is 10.2. The van der Waals surface area contributed by atoms with Crippen molar-refractivity contribution in [1.82, 2.24) is 10.2 Å². The molecule has 0 bridgehead atoms. The maximum absolute atomic E-state index is 6.08. The van der Waals surface area contributed by atoms with Gasteiger partial charge in [-0.1, -0.05) is 11.6 Å².